The van der Waals surface area contributed by atoms with E-state index in [1.807, 2.05) is 0 Å². The second-order valence-electron chi connectivity index (χ2n) is 6.05. The fourth-order valence-electron chi connectivity index (χ4n) is 2.73. The summed E-state index contributed by atoms with van der Waals surface area (Å²) in [5, 5.41) is 8.01. The summed E-state index contributed by atoms with van der Waals surface area (Å²) >= 11 is 6.03. The van der Waals surface area contributed by atoms with Crippen molar-refractivity contribution in [3.05, 3.63) is 69.1 Å². The van der Waals surface area contributed by atoms with Gasteiger partial charge in [-0.3, -0.25) is 9.59 Å². The van der Waals surface area contributed by atoms with Crippen LogP contribution in [0.25, 0.3) is 10.8 Å². The van der Waals surface area contributed by atoms with Gasteiger partial charge in [0.05, 0.1) is 5.39 Å². The number of carbonyl (C=O) groups is 2. The van der Waals surface area contributed by atoms with Crippen molar-refractivity contribution in [2.75, 3.05) is 11.9 Å². The number of aromatic nitrogens is 2. The number of amides is 1. The Bertz CT molecular complexity index is 1120. The monoisotopic (exact) mass is 399 g/mol. The molecule has 144 valence electrons. The predicted octanol–water partition coefficient (Wildman–Crippen LogP) is 3.17. The smallest absolute Gasteiger partial charge is 0.359 e. The molecular weight excluding hydrogens is 382 g/mol. The van der Waals surface area contributed by atoms with Gasteiger partial charge >= 0.3 is 5.97 Å². The lowest BCUT2D eigenvalue weighted by molar-refractivity contribution is -0.119. The Morgan fingerprint density at radius 3 is 2.57 bits per heavy atom. The number of nitrogens with zero attached hydrogens (tertiary/aromatic N) is 2. The molecule has 0 atom stereocenters. The lowest BCUT2D eigenvalue weighted by atomic mass is 10.1. The Morgan fingerprint density at radius 1 is 1.14 bits per heavy atom. The molecule has 0 aliphatic heterocycles. The van der Waals surface area contributed by atoms with Gasteiger partial charge < -0.3 is 10.1 Å². The third kappa shape index (κ3) is 3.89. The normalized spacial score (nSPS) is 10.7. The minimum absolute atomic E-state index is 0.0104. The van der Waals surface area contributed by atoms with Gasteiger partial charge in [-0.1, -0.05) is 35.9 Å². The van der Waals surface area contributed by atoms with Gasteiger partial charge in [-0.2, -0.15) is 5.10 Å². The Kier molecular flexibility index (Phi) is 5.75. The molecule has 8 heteroatoms. The van der Waals surface area contributed by atoms with Gasteiger partial charge in [0.15, 0.2) is 12.3 Å². The first-order valence-corrected chi connectivity index (χ1v) is 9.02. The number of carbonyl (C=O) groups excluding carboxylic acids is 2. The number of ether oxygens (including phenoxy) is 1. The number of halogens is 1. The molecule has 3 rings (SSSR count). The number of aryl methyl sites for hydroxylation is 1. The van der Waals surface area contributed by atoms with Crippen LogP contribution in [0.15, 0.2) is 47.3 Å². The van der Waals surface area contributed by atoms with E-state index in [0.29, 0.717) is 33.6 Å². The molecule has 28 heavy (non-hydrogen) atoms. The molecule has 1 aromatic heterocycles. The van der Waals surface area contributed by atoms with Crippen molar-refractivity contribution in [2.24, 2.45) is 0 Å². The van der Waals surface area contributed by atoms with Gasteiger partial charge in [0.2, 0.25) is 0 Å². The predicted molar refractivity (Wildman–Crippen MR) is 107 cm³/mol. The highest BCUT2D eigenvalue weighted by Crippen LogP contribution is 2.22. The van der Waals surface area contributed by atoms with Crippen molar-refractivity contribution < 1.29 is 14.3 Å². The molecule has 3 aromatic rings. The van der Waals surface area contributed by atoms with Crippen molar-refractivity contribution in [1.82, 2.24) is 9.78 Å². The molecule has 0 bridgehead atoms. The first-order valence-electron chi connectivity index (χ1n) is 8.64. The molecule has 0 fully saturated rings. The number of nitrogens with one attached hydrogen (secondary N) is 1. The van der Waals surface area contributed by atoms with Gasteiger partial charge in [-0.15, -0.1) is 0 Å². The van der Waals surface area contributed by atoms with Crippen molar-refractivity contribution in [2.45, 2.75) is 20.4 Å². The van der Waals surface area contributed by atoms with Crippen LogP contribution < -0.4 is 10.9 Å². The summed E-state index contributed by atoms with van der Waals surface area (Å²) in [5.41, 5.74) is 0.954. The van der Waals surface area contributed by atoms with E-state index in [1.54, 1.807) is 56.3 Å². The molecule has 2 aromatic carbocycles. The quantitative estimate of drug-likeness (QED) is 0.665. The third-order valence-corrected chi connectivity index (χ3v) is 4.65. The van der Waals surface area contributed by atoms with E-state index in [-0.39, 0.29) is 11.3 Å². The molecule has 0 saturated heterocycles. The summed E-state index contributed by atoms with van der Waals surface area (Å²) in [4.78, 5) is 37.0. The van der Waals surface area contributed by atoms with Gasteiger partial charge in [0, 0.05) is 22.6 Å². The third-order valence-electron chi connectivity index (χ3n) is 4.24. The van der Waals surface area contributed by atoms with E-state index in [2.05, 4.69) is 10.4 Å². The van der Waals surface area contributed by atoms with Crippen molar-refractivity contribution in [1.29, 1.82) is 0 Å². The average Bonchev–Trinajstić information content (AvgIpc) is 2.70. The number of rotatable bonds is 5. The molecule has 1 N–H and O–H groups in total. The molecule has 0 saturated carbocycles. The van der Waals surface area contributed by atoms with Gasteiger partial charge in [0.1, 0.15) is 0 Å². The van der Waals surface area contributed by atoms with Gasteiger partial charge in [-0.05, 0) is 37.6 Å². The number of esters is 1. The van der Waals surface area contributed by atoms with Crippen molar-refractivity contribution in [3.8, 4) is 0 Å². The summed E-state index contributed by atoms with van der Waals surface area (Å²) in [6.45, 7) is 3.33. The van der Waals surface area contributed by atoms with Crippen LogP contribution in [0.1, 0.15) is 23.0 Å². The van der Waals surface area contributed by atoms with E-state index in [4.69, 9.17) is 16.3 Å². The maximum atomic E-state index is 12.5. The van der Waals surface area contributed by atoms with Crippen LogP contribution in [-0.2, 0) is 16.1 Å². The van der Waals surface area contributed by atoms with E-state index in [9.17, 15) is 14.4 Å². The largest absolute Gasteiger partial charge is 0.451 e. The van der Waals surface area contributed by atoms with Crippen molar-refractivity contribution in [3.63, 3.8) is 0 Å². The number of fused-ring (bicyclic) bond motifs is 1. The molecule has 0 aliphatic rings. The first-order chi connectivity index (χ1) is 13.4. The van der Waals surface area contributed by atoms with E-state index >= 15 is 0 Å². The Morgan fingerprint density at radius 2 is 1.86 bits per heavy atom. The Hall–Kier alpha value is -3.19. The first kappa shape index (κ1) is 19.6. The highest BCUT2D eigenvalue weighted by molar-refractivity contribution is 6.31. The zero-order valence-electron chi connectivity index (χ0n) is 15.4. The molecule has 1 heterocycles. The number of hydrogen-bond donors (Lipinski definition) is 1. The lowest BCUT2D eigenvalue weighted by Crippen LogP contribution is -2.27. The van der Waals surface area contributed by atoms with E-state index < -0.39 is 18.5 Å². The van der Waals surface area contributed by atoms with Gasteiger partial charge in [0.25, 0.3) is 11.5 Å². The molecule has 0 radical (unpaired) electrons. The molecule has 0 spiro atoms. The standard InChI is InChI=1S/C20H18ClN3O4/c1-3-24-19(26)14-8-5-4-7-13(14)18(23-24)20(27)28-11-17(25)22-16-10-6-9-15(21)12(16)2/h4-10H,3,11H2,1-2H3,(H,22,25). The summed E-state index contributed by atoms with van der Waals surface area (Å²) in [6, 6.07) is 11.8. The van der Waals surface area contributed by atoms with Gasteiger partial charge in [-0.25, -0.2) is 9.48 Å². The number of benzene rings is 2. The summed E-state index contributed by atoms with van der Waals surface area (Å²) in [6.07, 6.45) is 0. The summed E-state index contributed by atoms with van der Waals surface area (Å²) < 4.78 is 6.31. The van der Waals surface area contributed by atoms with Crippen LogP contribution in [0.2, 0.25) is 5.02 Å². The van der Waals surface area contributed by atoms with Crippen LogP contribution in [-0.4, -0.2) is 28.3 Å². The van der Waals surface area contributed by atoms with Crippen LogP contribution in [0.3, 0.4) is 0 Å². The molecule has 0 unspecified atom stereocenters. The maximum absolute atomic E-state index is 12.5. The molecule has 1 amide bonds. The SMILES string of the molecule is CCn1nc(C(=O)OCC(=O)Nc2cccc(Cl)c2C)c2ccccc2c1=O. The summed E-state index contributed by atoms with van der Waals surface area (Å²) in [7, 11) is 0. The fraction of sp³-hybridized carbons (Fsp3) is 0.200. The second kappa shape index (κ2) is 8.22. The highest BCUT2D eigenvalue weighted by atomic mass is 35.5. The van der Waals surface area contributed by atoms with Crippen LogP contribution in [0.5, 0.6) is 0 Å². The topological polar surface area (TPSA) is 90.3 Å². The molecule has 0 aliphatic carbocycles. The van der Waals surface area contributed by atoms with E-state index in [1.165, 1.54) is 4.68 Å². The fourth-order valence-corrected chi connectivity index (χ4v) is 2.90. The summed E-state index contributed by atoms with van der Waals surface area (Å²) in [5.74, 6) is -1.29. The molecular formula is C20H18ClN3O4. The minimum atomic E-state index is -0.781. The second-order valence-corrected chi connectivity index (χ2v) is 6.46. The zero-order valence-corrected chi connectivity index (χ0v) is 16.1. The lowest BCUT2D eigenvalue weighted by Gasteiger charge is -2.11. The number of hydrogen-bond acceptors (Lipinski definition) is 5. The maximum Gasteiger partial charge on any atom is 0.359 e. The minimum Gasteiger partial charge on any atom is -0.451 e. The molecule has 7 nitrogen and oxygen atoms in total. The van der Waals surface area contributed by atoms with Crippen LogP contribution >= 0.6 is 11.6 Å². The van der Waals surface area contributed by atoms with E-state index in [0.717, 1.165) is 0 Å². The Labute approximate surface area is 165 Å². The zero-order chi connectivity index (χ0) is 20.3. The van der Waals surface area contributed by atoms with Crippen LogP contribution in [0, 0.1) is 6.92 Å². The average molecular weight is 400 g/mol. The number of anilines is 1. The highest BCUT2D eigenvalue weighted by Gasteiger charge is 2.19. The van der Waals surface area contributed by atoms with Crippen LogP contribution in [0.4, 0.5) is 5.69 Å². The van der Waals surface area contributed by atoms with Crippen molar-refractivity contribution >= 4 is 39.9 Å². The Balaban J connectivity index is 1.78.